The second-order valence-corrected chi connectivity index (χ2v) is 8.15. The van der Waals surface area contributed by atoms with Crippen LogP contribution < -0.4 is 10.5 Å². The number of benzene rings is 2. The molecule has 3 aromatic rings. The maximum atomic E-state index is 5.76. The molecule has 3 N–H and O–H groups in total. The molecule has 0 bridgehead atoms. The first-order chi connectivity index (χ1) is 13.7. The fraction of sp³-hybridized carbons (Fsp3) is 0.417. The Balaban J connectivity index is 2.13. The van der Waals surface area contributed by atoms with E-state index in [-0.39, 0.29) is 0 Å². The van der Waals surface area contributed by atoms with E-state index in [0.29, 0.717) is 0 Å². The van der Waals surface area contributed by atoms with Crippen LogP contribution in [0, 0.1) is 0 Å². The van der Waals surface area contributed by atoms with E-state index < -0.39 is 0 Å². The van der Waals surface area contributed by atoms with Gasteiger partial charge < -0.3 is 15.5 Å². The lowest BCUT2D eigenvalue weighted by molar-refractivity contribution is 0.416. The van der Waals surface area contributed by atoms with Crippen molar-refractivity contribution in [2.45, 2.75) is 50.3 Å². The lowest BCUT2D eigenvalue weighted by atomic mass is 9.98. The summed E-state index contributed by atoms with van der Waals surface area (Å²) in [5.41, 5.74) is 12.1. The summed E-state index contributed by atoms with van der Waals surface area (Å²) in [7, 11) is 1.75. The molecule has 150 valence electrons. The molecule has 28 heavy (non-hydrogen) atoms. The van der Waals surface area contributed by atoms with Crippen molar-refractivity contribution in [1.29, 1.82) is 0 Å². The van der Waals surface area contributed by atoms with Gasteiger partial charge >= 0.3 is 0 Å². The van der Waals surface area contributed by atoms with E-state index in [9.17, 15) is 0 Å². The molecule has 0 spiro atoms. The summed E-state index contributed by atoms with van der Waals surface area (Å²) in [6, 6.07) is 13.3. The molecule has 0 unspecified atom stereocenters. The molecule has 1 heterocycles. The van der Waals surface area contributed by atoms with Gasteiger partial charge in [-0.25, -0.2) is 0 Å². The predicted octanol–water partition coefficient (Wildman–Crippen LogP) is 6.19. The molecular formula is C24H32N2OS. The van der Waals surface area contributed by atoms with Crippen LogP contribution in [0.15, 0.2) is 41.3 Å². The molecule has 2 aromatic carbocycles. The van der Waals surface area contributed by atoms with Crippen LogP contribution >= 0.6 is 11.8 Å². The number of nitrogens with one attached hydrogen (secondary N) is 1. The number of hydrogen-bond donors (Lipinski definition) is 2. The summed E-state index contributed by atoms with van der Waals surface area (Å²) < 4.78 is 5.70. The first-order valence-corrected chi connectivity index (χ1v) is 11.5. The van der Waals surface area contributed by atoms with E-state index in [2.05, 4.69) is 54.6 Å². The number of unbranched alkanes of at least 4 members (excludes halogenated alkanes) is 2. The van der Waals surface area contributed by atoms with Crippen molar-refractivity contribution in [3.63, 3.8) is 0 Å². The van der Waals surface area contributed by atoms with Crippen molar-refractivity contribution in [3.8, 4) is 17.0 Å². The first kappa shape index (κ1) is 20.8. The minimum atomic E-state index is 0.741. The Bertz CT molecular complexity index is 916. The molecule has 0 saturated carbocycles. The second-order valence-electron chi connectivity index (χ2n) is 7.27. The molecule has 0 atom stereocenters. The average molecular weight is 397 g/mol. The van der Waals surface area contributed by atoms with E-state index in [0.717, 1.165) is 43.5 Å². The van der Waals surface area contributed by atoms with Crippen molar-refractivity contribution in [2.75, 3.05) is 19.9 Å². The van der Waals surface area contributed by atoms with Crippen LogP contribution in [-0.4, -0.2) is 24.9 Å². The summed E-state index contributed by atoms with van der Waals surface area (Å²) in [6.07, 6.45) is 8.87. The Kier molecular flexibility index (Phi) is 7.46. The van der Waals surface area contributed by atoms with Crippen LogP contribution in [0.3, 0.4) is 0 Å². The van der Waals surface area contributed by atoms with Crippen molar-refractivity contribution < 1.29 is 4.74 Å². The van der Waals surface area contributed by atoms with Crippen molar-refractivity contribution in [1.82, 2.24) is 4.98 Å². The van der Waals surface area contributed by atoms with E-state index in [1.54, 1.807) is 18.9 Å². The minimum Gasteiger partial charge on any atom is -0.496 e. The standard InChI is InChI=1S/C24H32N2OS/c1-4-5-8-17-10-12-22-20(15-17)19(9-6-7-14-25)24(26-22)21-16-18(28-3)11-13-23(21)27-2/h10-13,15-16,26H,4-9,14,25H2,1-3H3. The van der Waals surface area contributed by atoms with Crippen LogP contribution in [0.1, 0.15) is 43.7 Å². The fourth-order valence-electron chi connectivity index (χ4n) is 3.78. The highest BCUT2D eigenvalue weighted by Crippen LogP contribution is 2.38. The highest BCUT2D eigenvalue weighted by Gasteiger charge is 2.17. The number of fused-ring (bicyclic) bond motifs is 1. The third-order valence-corrected chi connectivity index (χ3v) is 6.07. The van der Waals surface area contributed by atoms with E-state index in [1.165, 1.54) is 45.5 Å². The van der Waals surface area contributed by atoms with Gasteiger partial charge in [0.25, 0.3) is 0 Å². The number of methoxy groups -OCH3 is 1. The molecule has 0 radical (unpaired) electrons. The van der Waals surface area contributed by atoms with Crippen LogP contribution in [0.4, 0.5) is 0 Å². The molecule has 4 heteroatoms. The number of aromatic amines is 1. The monoisotopic (exact) mass is 396 g/mol. The van der Waals surface area contributed by atoms with Gasteiger partial charge in [0.15, 0.2) is 0 Å². The molecule has 1 aromatic heterocycles. The normalized spacial score (nSPS) is 11.3. The zero-order valence-electron chi connectivity index (χ0n) is 17.3. The van der Waals surface area contributed by atoms with Crippen LogP contribution in [0.2, 0.25) is 0 Å². The molecule has 0 fully saturated rings. The number of nitrogens with two attached hydrogens (primary N) is 1. The molecule has 0 aliphatic rings. The van der Waals surface area contributed by atoms with Gasteiger partial charge in [-0.2, -0.15) is 0 Å². The Morgan fingerprint density at radius 3 is 2.61 bits per heavy atom. The predicted molar refractivity (Wildman–Crippen MR) is 123 cm³/mol. The van der Waals surface area contributed by atoms with Crippen LogP contribution in [0.25, 0.3) is 22.2 Å². The summed E-state index contributed by atoms with van der Waals surface area (Å²) >= 11 is 1.76. The zero-order chi connectivity index (χ0) is 19.9. The molecule has 0 aliphatic carbocycles. The third kappa shape index (κ3) is 4.56. The number of rotatable bonds is 10. The van der Waals surface area contributed by atoms with Crippen molar-refractivity contribution >= 4 is 22.7 Å². The lowest BCUT2D eigenvalue weighted by Crippen LogP contribution is -1.99. The number of H-pyrrole nitrogens is 1. The number of hydrogen-bond acceptors (Lipinski definition) is 3. The Hall–Kier alpha value is -1.91. The largest absolute Gasteiger partial charge is 0.496 e. The summed E-state index contributed by atoms with van der Waals surface area (Å²) in [5.74, 6) is 0.913. The van der Waals surface area contributed by atoms with Gasteiger partial charge in [0.1, 0.15) is 5.75 Å². The number of ether oxygens (including phenoxy) is 1. The summed E-state index contributed by atoms with van der Waals surface area (Å²) in [4.78, 5) is 4.94. The van der Waals surface area contributed by atoms with Gasteiger partial charge in [-0.1, -0.05) is 19.4 Å². The smallest absolute Gasteiger partial charge is 0.128 e. The number of thioether (sulfide) groups is 1. The third-order valence-electron chi connectivity index (χ3n) is 5.35. The number of aryl methyl sites for hydroxylation is 2. The van der Waals surface area contributed by atoms with Gasteiger partial charge in [-0.15, -0.1) is 11.8 Å². The molecule has 0 saturated heterocycles. The van der Waals surface area contributed by atoms with Crippen LogP contribution in [0.5, 0.6) is 5.75 Å². The Morgan fingerprint density at radius 2 is 1.89 bits per heavy atom. The van der Waals surface area contributed by atoms with Gasteiger partial charge in [-0.05, 0) is 86.4 Å². The fourth-order valence-corrected chi connectivity index (χ4v) is 4.22. The van der Waals surface area contributed by atoms with E-state index in [1.807, 2.05) is 0 Å². The highest BCUT2D eigenvalue weighted by molar-refractivity contribution is 7.98. The van der Waals surface area contributed by atoms with Crippen LogP contribution in [-0.2, 0) is 12.8 Å². The first-order valence-electron chi connectivity index (χ1n) is 10.3. The topological polar surface area (TPSA) is 51.0 Å². The van der Waals surface area contributed by atoms with Gasteiger partial charge in [0.05, 0.1) is 12.8 Å². The lowest BCUT2D eigenvalue weighted by Gasteiger charge is -2.11. The average Bonchev–Trinajstić information content (AvgIpc) is 3.09. The Morgan fingerprint density at radius 1 is 1.04 bits per heavy atom. The second kappa shape index (κ2) is 10.0. The van der Waals surface area contributed by atoms with Crippen molar-refractivity contribution in [3.05, 3.63) is 47.5 Å². The number of aromatic nitrogens is 1. The molecular weight excluding hydrogens is 364 g/mol. The molecule has 3 nitrogen and oxygen atoms in total. The Labute approximate surface area is 173 Å². The van der Waals surface area contributed by atoms with Gasteiger partial charge in [0, 0.05) is 21.4 Å². The summed E-state index contributed by atoms with van der Waals surface area (Å²) in [5, 5.41) is 1.34. The maximum absolute atomic E-state index is 5.76. The van der Waals surface area contributed by atoms with Gasteiger partial charge in [-0.3, -0.25) is 0 Å². The van der Waals surface area contributed by atoms with E-state index >= 15 is 0 Å². The quantitative estimate of drug-likeness (QED) is 0.317. The SMILES string of the molecule is CCCCc1ccc2[nH]c(-c3cc(SC)ccc3OC)c(CCCCN)c2c1. The zero-order valence-corrected chi connectivity index (χ0v) is 18.1. The maximum Gasteiger partial charge on any atom is 0.128 e. The minimum absolute atomic E-state index is 0.741. The van der Waals surface area contributed by atoms with E-state index in [4.69, 9.17) is 10.5 Å². The van der Waals surface area contributed by atoms with Gasteiger partial charge in [0.2, 0.25) is 0 Å². The molecule has 0 aliphatic heterocycles. The highest BCUT2D eigenvalue weighted by atomic mass is 32.2. The molecule has 3 rings (SSSR count). The van der Waals surface area contributed by atoms with Crippen molar-refractivity contribution in [2.24, 2.45) is 5.73 Å². The molecule has 0 amide bonds. The summed E-state index contributed by atoms with van der Waals surface area (Å²) in [6.45, 7) is 2.99.